The van der Waals surface area contributed by atoms with E-state index in [1.807, 2.05) is 0 Å². The van der Waals surface area contributed by atoms with Crippen LogP contribution in [-0.2, 0) is 10.0 Å². The molecule has 0 bridgehead atoms. The van der Waals surface area contributed by atoms with Crippen LogP contribution in [-0.4, -0.2) is 21.5 Å². The van der Waals surface area contributed by atoms with Gasteiger partial charge in [-0.3, -0.25) is 0 Å². The van der Waals surface area contributed by atoms with Crippen molar-refractivity contribution in [2.24, 2.45) is 5.73 Å². The average molecular weight is 271 g/mol. The monoisotopic (exact) mass is 271 g/mol. The van der Waals surface area contributed by atoms with E-state index in [-0.39, 0.29) is 11.4 Å². The summed E-state index contributed by atoms with van der Waals surface area (Å²) in [7, 11) is -3.86. The number of rotatable bonds is 6. The molecule has 1 aromatic rings. The molecule has 3 N–H and O–H groups in total. The number of hydrogen-bond donors (Lipinski definition) is 2. The normalized spacial score (nSPS) is 11.2. The number of hydrogen-bond acceptors (Lipinski definition) is 4. The van der Waals surface area contributed by atoms with Crippen molar-refractivity contribution >= 4 is 10.0 Å². The Morgan fingerprint density at radius 1 is 1.39 bits per heavy atom. The van der Waals surface area contributed by atoms with Gasteiger partial charge in [0.1, 0.15) is 22.3 Å². The quantitative estimate of drug-likeness (QED) is 0.745. The largest absolute Gasteiger partial charge is 0.330 e. The molecule has 0 heterocycles. The molecular weight excluding hydrogens is 257 g/mol. The lowest BCUT2D eigenvalue weighted by Gasteiger charge is -2.08. The lowest BCUT2D eigenvalue weighted by molar-refractivity contribution is 0.572. The number of nitriles is 1. The topological polar surface area (TPSA) is 96.0 Å². The average Bonchev–Trinajstić information content (AvgIpc) is 2.34. The molecule has 0 radical (unpaired) electrons. The second-order valence-corrected chi connectivity index (χ2v) is 5.35. The Kier molecular flexibility index (Phi) is 5.22. The third-order valence-corrected chi connectivity index (χ3v) is 3.80. The molecule has 0 aliphatic heterocycles. The molecule has 0 aromatic heterocycles. The van der Waals surface area contributed by atoms with Gasteiger partial charge in [-0.15, -0.1) is 0 Å². The zero-order valence-corrected chi connectivity index (χ0v) is 10.5. The molecule has 1 rings (SSSR count). The Bertz CT molecular complexity index is 552. The maximum absolute atomic E-state index is 13.3. The molecule has 0 spiro atoms. The van der Waals surface area contributed by atoms with E-state index < -0.39 is 21.4 Å². The first-order valence-corrected chi connectivity index (χ1v) is 6.89. The first kappa shape index (κ1) is 14.6. The number of halogens is 1. The van der Waals surface area contributed by atoms with Crippen molar-refractivity contribution in [3.63, 3.8) is 0 Å². The summed E-state index contributed by atoms with van der Waals surface area (Å²) in [6, 6.07) is 5.06. The van der Waals surface area contributed by atoms with Crippen LogP contribution in [0.3, 0.4) is 0 Å². The molecule has 5 nitrogen and oxygen atoms in total. The molecule has 0 saturated heterocycles. The Hall–Kier alpha value is -1.49. The van der Waals surface area contributed by atoms with E-state index in [1.54, 1.807) is 6.07 Å². The summed E-state index contributed by atoms with van der Waals surface area (Å²) < 4.78 is 39.3. The van der Waals surface area contributed by atoms with Gasteiger partial charge in [-0.25, -0.2) is 17.5 Å². The lowest BCUT2D eigenvalue weighted by atomic mass is 10.2. The molecule has 0 saturated carbocycles. The third kappa shape index (κ3) is 3.50. The molecule has 0 aliphatic carbocycles. The minimum absolute atomic E-state index is 0.209. The van der Waals surface area contributed by atoms with E-state index >= 15 is 0 Å². The van der Waals surface area contributed by atoms with Crippen LogP contribution in [0.25, 0.3) is 0 Å². The van der Waals surface area contributed by atoms with Crippen molar-refractivity contribution in [3.8, 4) is 6.07 Å². The zero-order chi connectivity index (χ0) is 13.6. The highest BCUT2D eigenvalue weighted by atomic mass is 32.2. The van der Waals surface area contributed by atoms with Crippen LogP contribution in [0.15, 0.2) is 23.1 Å². The minimum Gasteiger partial charge on any atom is -0.330 e. The van der Waals surface area contributed by atoms with Gasteiger partial charge in [0.15, 0.2) is 0 Å². The van der Waals surface area contributed by atoms with E-state index in [0.717, 1.165) is 6.07 Å². The highest BCUT2D eigenvalue weighted by Crippen LogP contribution is 2.17. The van der Waals surface area contributed by atoms with Gasteiger partial charge in [-0.05, 0) is 31.5 Å². The van der Waals surface area contributed by atoms with E-state index in [2.05, 4.69) is 4.72 Å². The first-order valence-electron chi connectivity index (χ1n) is 5.41. The third-order valence-electron chi connectivity index (χ3n) is 2.30. The Balaban J connectivity index is 2.93. The first-order chi connectivity index (χ1) is 8.53. The maximum Gasteiger partial charge on any atom is 0.241 e. The van der Waals surface area contributed by atoms with Gasteiger partial charge in [0.25, 0.3) is 0 Å². The summed E-state index contributed by atoms with van der Waals surface area (Å²) in [4.78, 5) is -0.335. The molecule has 98 valence electrons. The van der Waals surface area contributed by atoms with Crippen LogP contribution in [0.2, 0.25) is 0 Å². The van der Waals surface area contributed by atoms with Crippen molar-refractivity contribution in [1.29, 1.82) is 5.26 Å². The van der Waals surface area contributed by atoms with Gasteiger partial charge < -0.3 is 5.73 Å². The van der Waals surface area contributed by atoms with Crippen molar-refractivity contribution in [2.45, 2.75) is 17.7 Å². The fourth-order valence-electron chi connectivity index (χ4n) is 1.39. The molecule has 0 fully saturated rings. The van der Waals surface area contributed by atoms with Crippen LogP contribution in [0.5, 0.6) is 0 Å². The van der Waals surface area contributed by atoms with E-state index in [9.17, 15) is 12.8 Å². The summed E-state index contributed by atoms with van der Waals surface area (Å²) >= 11 is 0. The van der Waals surface area contributed by atoms with Crippen molar-refractivity contribution in [2.75, 3.05) is 13.1 Å². The number of nitrogens with zero attached hydrogens (tertiary/aromatic N) is 1. The van der Waals surface area contributed by atoms with Gasteiger partial charge >= 0.3 is 0 Å². The van der Waals surface area contributed by atoms with Crippen molar-refractivity contribution < 1.29 is 12.8 Å². The predicted molar refractivity (Wildman–Crippen MR) is 64.6 cm³/mol. The number of benzene rings is 1. The summed E-state index contributed by atoms with van der Waals surface area (Å²) in [6.07, 6.45) is 1.28. The van der Waals surface area contributed by atoms with Gasteiger partial charge in [-0.1, -0.05) is 6.07 Å². The lowest BCUT2D eigenvalue weighted by Crippen LogP contribution is -2.26. The summed E-state index contributed by atoms with van der Waals surface area (Å²) in [5.74, 6) is -0.845. The predicted octanol–water partition coefficient (Wildman–Crippen LogP) is 0.715. The fourth-order valence-corrected chi connectivity index (χ4v) is 2.63. The van der Waals surface area contributed by atoms with E-state index in [0.29, 0.717) is 19.4 Å². The van der Waals surface area contributed by atoms with Gasteiger partial charge in [0.2, 0.25) is 10.0 Å². The van der Waals surface area contributed by atoms with Crippen molar-refractivity contribution in [3.05, 3.63) is 29.6 Å². The standard InChI is InChI=1S/C11H14FN3O2S/c12-10-4-3-5-11(9(10)8-14)18(16,17)15-7-2-1-6-13/h3-5,15H,1-2,6-7,13H2. The minimum atomic E-state index is -3.86. The second kappa shape index (κ2) is 6.44. The van der Waals surface area contributed by atoms with Crippen LogP contribution < -0.4 is 10.5 Å². The highest BCUT2D eigenvalue weighted by molar-refractivity contribution is 7.89. The summed E-state index contributed by atoms with van der Waals surface area (Å²) in [6.45, 7) is 0.687. The molecule has 0 unspecified atom stereocenters. The van der Waals surface area contributed by atoms with Gasteiger partial charge in [0, 0.05) is 6.54 Å². The SMILES string of the molecule is N#Cc1c(F)cccc1S(=O)(=O)NCCCCN. The fraction of sp³-hybridized carbons (Fsp3) is 0.364. The van der Waals surface area contributed by atoms with Crippen LogP contribution >= 0.6 is 0 Å². The number of nitrogens with one attached hydrogen (secondary N) is 1. The van der Waals surface area contributed by atoms with Crippen LogP contribution in [0.4, 0.5) is 4.39 Å². The van der Waals surface area contributed by atoms with Crippen molar-refractivity contribution in [1.82, 2.24) is 4.72 Å². The van der Waals surface area contributed by atoms with Crippen LogP contribution in [0.1, 0.15) is 18.4 Å². The smallest absolute Gasteiger partial charge is 0.241 e. The van der Waals surface area contributed by atoms with E-state index in [1.165, 1.54) is 12.1 Å². The molecule has 7 heteroatoms. The van der Waals surface area contributed by atoms with Gasteiger partial charge in [0.05, 0.1) is 0 Å². The Labute approximate surface area is 105 Å². The van der Waals surface area contributed by atoms with E-state index in [4.69, 9.17) is 11.0 Å². The molecule has 0 aliphatic rings. The molecule has 0 atom stereocenters. The molecule has 18 heavy (non-hydrogen) atoms. The Morgan fingerprint density at radius 3 is 2.72 bits per heavy atom. The van der Waals surface area contributed by atoms with Crippen LogP contribution in [0, 0.1) is 17.1 Å². The zero-order valence-electron chi connectivity index (χ0n) is 9.69. The number of sulfonamides is 1. The summed E-state index contributed by atoms with van der Waals surface area (Å²) in [5.41, 5.74) is 4.82. The number of unbranched alkanes of at least 4 members (excludes halogenated alkanes) is 1. The molecular formula is C11H14FN3O2S. The molecule has 0 amide bonds. The number of nitrogens with two attached hydrogens (primary N) is 1. The maximum atomic E-state index is 13.3. The van der Waals surface area contributed by atoms with Gasteiger partial charge in [-0.2, -0.15) is 5.26 Å². The molecule has 1 aromatic carbocycles. The second-order valence-electron chi connectivity index (χ2n) is 3.62. The summed E-state index contributed by atoms with van der Waals surface area (Å²) in [5, 5.41) is 8.77. The Morgan fingerprint density at radius 2 is 2.11 bits per heavy atom. The highest BCUT2D eigenvalue weighted by Gasteiger charge is 2.20.